The Balaban J connectivity index is 2.49. The summed E-state index contributed by atoms with van der Waals surface area (Å²) in [6.45, 7) is 5.26. The molecule has 0 radical (unpaired) electrons. The highest BCUT2D eigenvalue weighted by molar-refractivity contribution is 5.66. The predicted octanol–water partition coefficient (Wildman–Crippen LogP) is 4.28. The Labute approximate surface area is 133 Å². The highest BCUT2D eigenvalue weighted by Gasteiger charge is 2.34. The van der Waals surface area contributed by atoms with E-state index in [0.717, 1.165) is 0 Å². The third-order valence-electron chi connectivity index (χ3n) is 3.32. The van der Waals surface area contributed by atoms with Crippen LogP contribution in [0, 0.1) is 10.1 Å². The van der Waals surface area contributed by atoms with Crippen molar-refractivity contribution in [1.29, 1.82) is 0 Å². The molecule has 0 saturated carbocycles. The van der Waals surface area contributed by atoms with E-state index in [0.29, 0.717) is 29.2 Å². The fourth-order valence-corrected chi connectivity index (χ4v) is 2.26. The van der Waals surface area contributed by atoms with Gasteiger partial charge >= 0.3 is 0 Å². The molecule has 2 rings (SSSR count). The lowest BCUT2D eigenvalue weighted by Crippen LogP contribution is -2.28. The van der Waals surface area contributed by atoms with Gasteiger partial charge in [-0.15, -0.1) is 0 Å². The topological polar surface area (TPSA) is 61.6 Å². The summed E-state index contributed by atoms with van der Waals surface area (Å²) < 4.78 is 24.2. The standard InChI is InChI=1S/C17H18FNO4/c1-4-22-15-7-5-6-13-10-14(19(20)21)16(23-17(13)15)11(2)8-9-12(3)18/h5-10,16H,4H2,1-3H3/b11-8+,12-9+. The second kappa shape index (κ2) is 7.09. The average Bonchev–Trinajstić information content (AvgIpc) is 2.51. The van der Waals surface area contributed by atoms with Gasteiger partial charge in [0, 0.05) is 11.6 Å². The van der Waals surface area contributed by atoms with E-state index in [1.807, 2.05) is 6.92 Å². The first-order chi connectivity index (χ1) is 10.9. The second-order valence-corrected chi connectivity index (χ2v) is 5.10. The Kier molecular flexibility index (Phi) is 5.16. The number of hydrogen-bond donors (Lipinski definition) is 0. The third kappa shape index (κ3) is 3.77. The number of hydrogen-bond acceptors (Lipinski definition) is 4. The van der Waals surface area contributed by atoms with Crippen LogP contribution in [0.15, 0.2) is 47.4 Å². The van der Waals surface area contributed by atoms with E-state index in [1.54, 1.807) is 25.1 Å². The summed E-state index contributed by atoms with van der Waals surface area (Å²) in [5.74, 6) is 0.597. The van der Waals surface area contributed by atoms with Gasteiger partial charge in [-0.05, 0) is 38.5 Å². The number of allylic oxidation sites excluding steroid dienone is 3. The number of nitrogens with zero attached hydrogens (tertiary/aromatic N) is 1. The second-order valence-electron chi connectivity index (χ2n) is 5.10. The van der Waals surface area contributed by atoms with Crippen molar-refractivity contribution in [3.63, 3.8) is 0 Å². The summed E-state index contributed by atoms with van der Waals surface area (Å²) in [4.78, 5) is 10.9. The highest BCUT2D eigenvalue weighted by atomic mass is 19.1. The van der Waals surface area contributed by atoms with Crippen LogP contribution in [0.3, 0.4) is 0 Å². The van der Waals surface area contributed by atoms with Crippen LogP contribution in [0.25, 0.3) is 6.08 Å². The SMILES string of the molecule is CCOc1cccc2c1OC(/C(C)=C/C=C(\C)F)C([N+](=O)[O-])=C2. The Morgan fingerprint density at radius 2 is 2.17 bits per heavy atom. The maximum Gasteiger partial charge on any atom is 0.291 e. The number of benzene rings is 1. The zero-order valence-electron chi connectivity index (χ0n) is 13.2. The molecule has 122 valence electrons. The Bertz CT molecular complexity index is 703. The van der Waals surface area contributed by atoms with Crippen LogP contribution in [-0.2, 0) is 0 Å². The Morgan fingerprint density at radius 1 is 1.43 bits per heavy atom. The third-order valence-corrected chi connectivity index (χ3v) is 3.32. The molecule has 0 aromatic heterocycles. The van der Waals surface area contributed by atoms with Crippen molar-refractivity contribution in [2.24, 2.45) is 0 Å². The van der Waals surface area contributed by atoms with Crippen LogP contribution in [-0.4, -0.2) is 17.6 Å². The van der Waals surface area contributed by atoms with Crippen molar-refractivity contribution in [3.8, 4) is 11.5 Å². The molecule has 0 saturated heterocycles. The zero-order chi connectivity index (χ0) is 17.0. The molecule has 1 aromatic rings. The maximum atomic E-state index is 12.9. The van der Waals surface area contributed by atoms with E-state index < -0.39 is 11.0 Å². The predicted molar refractivity (Wildman–Crippen MR) is 85.6 cm³/mol. The molecular formula is C17H18FNO4. The minimum absolute atomic E-state index is 0.0928. The van der Waals surface area contributed by atoms with Gasteiger partial charge in [0.05, 0.1) is 17.4 Å². The van der Waals surface area contributed by atoms with Crippen LogP contribution in [0.4, 0.5) is 4.39 Å². The molecule has 0 bridgehead atoms. The maximum absolute atomic E-state index is 12.9. The summed E-state index contributed by atoms with van der Waals surface area (Å²) in [5.41, 5.74) is 1.02. The number of rotatable bonds is 5. The van der Waals surface area contributed by atoms with Crippen molar-refractivity contribution < 1.29 is 18.8 Å². The minimum atomic E-state index is -0.894. The first-order valence-corrected chi connectivity index (χ1v) is 7.23. The summed E-state index contributed by atoms with van der Waals surface area (Å²) in [5, 5.41) is 11.3. The number of halogens is 1. The van der Waals surface area contributed by atoms with Gasteiger partial charge in [0.1, 0.15) is 0 Å². The van der Waals surface area contributed by atoms with Gasteiger partial charge in [0.2, 0.25) is 6.10 Å². The molecular weight excluding hydrogens is 301 g/mol. The van der Waals surface area contributed by atoms with Crippen molar-refractivity contribution in [3.05, 3.63) is 63.1 Å². The van der Waals surface area contributed by atoms with Crippen LogP contribution in [0.1, 0.15) is 26.3 Å². The van der Waals surface area contributed by atoms with Crippen molar-refractivity contribution in [1.82, 2.24) is 0 Å². The fraction of sp³-hybridized carbons (Fsp3) is 0.294. The molecule has 0 fully saturated rings. The molecule has 0 amide bonds. The van der Waals surface area contributed by atoms with E-state index in [4.69, 9.17) is 9.47 Å². The molecule has 1 aliphatic heterocycles. The van der Waals surface area contributed by atoms with E-state index in [1.165, 1.54) is 25.2 Å². The van der Waals surface area contributed by atoms with Gasteiger partial charge in [-0.1, -0.05) is 18.2 Å². The quantitative estimate of drug-likeness (QED) is 0.461. The molecule has 5 nitrogen and oxygen atoms in total. The molecule has 1 unspecified atom stereocenters. The molecule has 1 atom stereocenters. The van der Waals surface area contributed by atoms with E-state index in [9.17, 15) is 14.5 Å². The number of para-hydroxylation sites is 1. The molecule has 1 heterocycles. The Morgan fingerprint density at radius 3 is 2.78 bits per heavy atom. The smallest absolute Gasteiger partial charge is 0.291 e. The van der Waals surface area contributed by atoms with Gasteiger partial charge in [-0.25, -0.2) is 4.39 Å². The molecule has 6 heteroatoms. The summed E-state index contributed by atoms with van der Waals surface area (Å²) in [6, 6.07) is 5.22. The van der Waals surface area contributed by atoms with E-state index >= 15 is 0 Å². The van der Waals surface area contributed by atoms with Crippen LogP contribution >= 0.6 is 0 Å². The van der Waals surface area contributed by atoms with Gasteiger partial charge in [0.15, 0.2) is 11.5 Å². The molecule has 0 N–H and O–H groups in total. The van der Waals surface area contributed by atoms with E-state index in [2.05, 4.69) is 0 Å². The summed E-state index contributed by atoms with van der Waals surface area (Å²) in [6.07, 6.45) is 3.30. The molecule has 1 aliphatic rings. The lowest BCUT2D eigenvalue weighted by Gasteiger charge is -2.24. The van der Waals surface area contributed by atoms with Crippen LogP contribution < -0.4 is 9.47 Å². The minimum Gasteiger partial charge on any atom is -0.490 e. The normalized spacial score (nSPS) is 17.9. The Hall–Kier alpha value is -2.63. The number of nitro groups is 1. The molecule has 0 aliphatic carbocycles. The van der Waals surface area contributed by atoms with Gasteiger partial charge in [0.25, 0.3) is 5.70 Å². The fourth-order valence-electron chi connectivity index (χ4n) is 2.26. The van der Waals surface area contributed by atoms with Gasteiger partial charge < -0.3 is 9.47 Å². The zero-order valence-corrected chi connectivity index (χ0v) is 13.2. The van der Waals surface area contributed by atoms with Crippen molar-refractivity contribution >= 4 is 6.08 Å². The monoisotopic (exact) mass is 319 g/mol. The number of fused-ring (bicyclic) bond motifs is 1. The number of ether oxygens (including phenoxy) is 2. The summed E-state index contributed by atoms with van der Waals surface area (Å²) in [7, 11) is 0. The first kappa shape index (κ1) is 16.7. The highest BCUT2D eigenvalue weighted by Crippen LogP contribution is 2.39. The van der Waals surface area contributed by atoms with Gasteiger partial charge in [-0.2, -0.15) is 0 Å². The lowest BCUT2D eigenvalue weighted by atomic mass is 10.0. The largest absolute Gasteiger partial charge is 0.490 e. The van der Waals surface area contributed by atoms with Crippen molar-refractivity contribution in [2.75, 3.05) is 6.61 Å². The molecule has 0 spiro atoms. The molecule has 23 heavy (non-hydrogen) atoms. The van der Waals surface area contributed by atoms with Crippen LogP contribution in [0.2, 0.25) is 0 Å². The lowest BCUT2D eigenvalue weighted by molar-refractivity contribution is -0.432. The van der Waals surface area contributed by atoms with Gasteiger partial charge in [-0.3, -0.25) is 10.1 Å². The van der Waals surface area contributed by atoms with E-state index in [-0.39, 0.29) is 11.5 Å². The van der Waals surface area contributed by atoms with Crippen molar-refractivity contribution in [2.45, 2.75) is 26.9 Å². The molecule has 1 aromatic carbocycles. The summed E-state index contributed by atoms with van der Waals surface area (Å²) >= 11 is 0. The van der Waals surface area contributed by atoms with Crippen LogP contribution in [0.5, 0.6) is 11.5 Å². The first-order valence-electron chi connectivity index (χ1n) is 7.23. The average molecular weight is 319 g/mol.